The molecule has 0 saturated carbocycles. The van der Waals surface area contributed by atoms with Crippen LogP contribution in [0.1, 0.15) is 10.4 Å². The number of aromatic carboxylic acids is 1. The van der Waals surface area contributed by atoms with Crippen LogP contribution in [0.3, 0.4) is 0 Å². The van der Waals surface area contributed by atoms with E-state index in [0.29, 0.717) is 22.7 Å². The van der Waals surface area contributed by atoms with Gasteiger partial charge < -0.3 is 19.8 Å². The molecular formula is C20H23N3O4Sn. The maximum absolute atomic E-state index is 12.4. The molecule has 0 aromatic heterocycles. The molecule has 1 N–H and O–H groups in total. The van der Waals surface area contributed by atoms with Crippen LogP contribution in [0.5, 0.6) is 0 Å². The Balaban J connectivity index is 0.000000175. The third-order valence-corrected chi connectivity index (χ3v) is 4.51. The summed E-state index contributed by atoms with van der Waals surface area (Å²) in [6.07, 6.45) is 1.52. The third kappa shape index (κ3) is 4.75. The van der Waals surface area contributed by atoms with E-state index in [4.69, 9.17) is 5.11 Å². The van der Waals surface area contributed by atoms with Gasteiger partial charge in [0.25, 0.3) is 0 Å². The summed E-state index contributed by atoms with van der Waals surface area (Å²) in [4.78, 5) is 42.8. The molecule has 4 aliphatic rings. The van der Waals surface area contributed by atoms with Crippen LogP contribution < -0.4 is 0 Å². The third-order valence-electron chi connectivity index (χ3n) is 4.51. The van der Waals surface area contributed by atoms with Crippen molar-refractivity contribution in [2.24, 2.45) is 0 Å². The number of hydrogen-bond donors (Lipinski definition) is 1. The zero-order valence-corrected chi connectivity index (χ0v) is 19.1. The molecule has 0 amide bonds. The molecule has 1 aromatic carbocycles. The van der Waals surface area contributed by atoms with Gasteiger partial charge in [-0.25, -0.2) is 4.79 Å². The number of carbonyl (C=O) groups excluding carboxylic acids is 2. The molecule has 2 radical (unpaired) electrons. The molecule has 0 bridgehead atoms. The molecule has 28 heavy (non-hydrogen) atoms. The molecule has 1 aromatic rings. The number of carbonyl (C=O) groups is 3. The number of ketones is 2. The van der Waals surface area contributed by atoms with Gasteiger partial charge in [-0.15, -0.1) is 0 Å². The fourth-order valence-electron chi connectivity index (χ4n) is 2.86. The fraction of sp³-hybridized carbons (Fsp3) is 0.350. The van der Waals surface area contributed by atoms with E-state index in [0.717, 1.165) is 39.3 Å². The molecule has 146 valence electrons. The van der Waals surface area contributed by atoms with Gasteiger partial charge in [-0.05, 0) is 12.1 Å². The van der Waals surface area contributed by atoms with Gasteiger partial charge in [0, 0.05) is 45.3 Å². The van der Waals surface area contributed by atoms with Gasteiger partial charge in [-0.2, -0.15) is 0 Å². The standard InChI is InChI=1S/C12H13N3O2.C7H6O2.CH3.Sn.H/c16-9-7-8(13-1-2-13)12(17)11(15-5-6-15)10(9)14-3-4-14;8-7(9)6-4-2-1-3-5-6;;;/h7H,1-6H2;1-5H,(H,8,9);1H3;;. The van der Waals surface area contributed by atoms with E-state index >= 15 is 0 Å². The summed E-state index contributed by atoms with van der Waals surface area (Å²) < 4.78 is 0. The molecule has 5 rings (SSSR count). The Morgan fingerprint density at radius 2 is 1.36 bits per heavy atom. The van der Waals surface area contributed by atoms with Crippen molar-refractivity contribution in [1.82, 2.24) is 14.7 Å². The number of benzene rings is 1. The maximum atomic E-state index is 12.4. The van der Waals surface area contributed by atoms with Crippen LogP contribution in [0.4, 0.5) is 0 Å². The van der Waals surface area contributed by atoms with Gasteiger partial charge in [-0.3, -0.25) is 9.59 Å². The molecule has 3 aliphatic heterocycles. The number of Topliss-reactive ketones (excluding diaryl/α,β-unsaturated/α-hetero) is 1. The minimum absolute atomic E-state index is 0.00546. The van der Waals surface area contributed by atoms with E-state index in [1.165, 1.54) is 28.6 Å². The Morgan fingerprint density at radius 3 is 1.79 bits per heavy atom. The molecule has 0 unspecified atom stereocenters. The van der Waals surface area contributed by atoms with Crippen molar-refractivity contribution in [2.75, 3.05) is 39.3 Å². The molecule has 3 fully saturated rings. The topological polar surface area (TPSA) is 80.5 Å². The van der Waals surface area contributed by atoms with Gasteiger partial charge in [0.15, 0.2) is 0 Å². The molecule has 1 aliphatic carbocycles. The van der Waals surface area contributed by atoms with Crippen LogP contribution in [0.15, 0.2) is 53.5 Å². The summed E-state index contributed by atoms with van der Waals surface area (Å²) in [7, 11) is 0. The second-order valence-corrected chi connectivity index (χ2v) is 6.55. The van der Waals surface area contributed by atoms with E-state index in [-0.39, 0.29) is 11.6 Å². The van der Waals surface area contributed by atoms with Crippen molar-refractivity contribution < 1.29 is 19.5 Å². The predicted molar refractivity (Wildman–Crippen MR) is 106 cm³/mol. The molecule has 7 nitrogen and oxygen atoms in total. The number of hydrogen-bond acceptors (Lipinski definition) is 6. The summed E-state index contributed by atoms with van der Waals surface area (Å²) in [5.41, 5.74) is 2.22. The Labute approximate surface area is 177 Å². The van der Waals surface area contributed by atoms with Gasteiger partial charge in [0.1, 0.15) is 11.4 Å². The van der Waals surface area contributed by atoms with Crippen molar-refractivity contribution in [3.63, 3.8) is 0 Å². The molecule has 8 heteroatoms. The Hall–Kier alpha value is -2.29. The second-order valence-electron chi connectivity index (χ2n) is 6.55. The van der Waals surface area contributed by atoms with Gasteiger partial charge >= 0.3 is 33.4 Å². The molecule has 0 spiro atoms. The summed E-state index contributed by atoms with van der Waals surface area (Å²) >= 11 is 1.35. The Morgan fingerprint density at radius 1 is 0.857 bits per heavy atom. The average molecular weight is 488 g/mol. The van der Waals surface area contributed by atoms with Crippen molar-refractivity contribution in [3.8, 4) is 0 Å². The predicted octanol–water partition coefficient (Wildman–Crippen LogP) is 0.501. The number of carboxylic acids is 1. The summed E-state index contributed by atoms with van der Waals surface area (Å²) in [5.74, 6) is -0.831. The van der Waals surface area contributed by atoms with Crippen LogP contribution in [0.25, 0.3) is 0 Å². The van der Waals surface area contributed by atoms with Crippen LogP contribution in [-0.2, 0) is 9.59 Å². The van der Waals surface area contributed by atoms with E-state index in [2.05, 4.69) is 4.94 Å². The van der Waals surface area contributed by atoms with Crippen molar-refractivity contribution in [3.05, 3.63) is 59.1 Å². The zero-order chi connectivity index (χ0) is 20.3. The second kappa shape index (κ2) is 8.81. The molecule has 0 atom stereocenters. The van der Waals surface area contributed by atoms with Crippen molar-refractivity contribution in [1.29, 1.82) is 0 Å². The molecule has 3 heterocycles. The van der Waals surface area contributed by atoms with Crippen LogP contribution in [0.2, 0.25) is 4.94 Å². The SMILES string of the molecule is O=C(O)c1ccccc1.O=C1C=C(N2CC2)C(=O)C(N2CC2)=C1N1CC1.[CH3][SnH]. The summed E-state index contributed by atoms with van der Waals surface area (Å²) in [6, 6.07) is 8.30. The van der Waals surface area contributed by atoms with Gasteiger partial charge in [-0.1, -0.05) is 18.2 Å². The fourth-order valence-corrected chi connectivity index (χ4v) is 2.86. The number of nitrogens with zero attached hydrogens (tertiary/aromatic N) is 3. The first-order valence-electron chi connectivity index (χ1n) is 9.22. The first-order valence-corrected chi connectivity index (χ1v) is 12.5. The number of carboxylic acid groups (broad SMARTS) is 1. The molecule has 3 saturated heterocycles. The monoisotopic (exact) mass is 489 g/mol. The Kier molecular flexibility index (Phi) is 6.43. The zero-order valence-electron chi connectivity index (χ0n) is 15.8. The number of rotatable bonds is 4. The number of allylic oxidation sites excluding steroid dienone is 1. The van der Waals surface area contributed by atoms with Crippen molar-refractivity contribution in [2.45, 2.75) is 4.94 Å². The van der Waals surface area contributed by atoms with Crippen LogP contribution in [-0.4, -0.2) is 99.1 Å². The van der Waals surface area contributed by atoms with Crippen molar-refractivity contribution >= 4 is 40.1 Å². The average Bonchev–Trinajstić information content (AvgIpc) is 3.57. The Bertz CT molecular complexity index is 838. The first-order chi connectivity index (χ1) is 13.6. The van der Waals surface area contributed by atoms with E-state index in [1.807, 2.05) is 14.7 Å². The quantitative estimate of drug-likeness (QED) is 0.376. The van der Waals surface area contributed by atoms with E-state index in [9.17, 15) is 14.4 Å². The van der Waals surface area contributed by atoms with Gasteiger partial charge in [0.05, 0.1) is 11.3 Å². The van der Waals surface area contributed by atoms with Gasteiger partial charge in [0.2, 0.25) is 11.6 Å². The minimum atomic E-state index is -0.879. The molecular weight excluding hydrogens is 465 g/mol. The van der Waals surface area contributed by atoms with E-state index in [1.54, 1.807) is 30.3 Å². The van der Waals surface area contributed by atoms with Crippen LogP contribution >= 0.6 is 0 Å². The van der Waals surface area contributed by atoms with E-state index < -0.39 is 5.97 Å². The summed E-state index contributed by atoms with van der Waals surface area (Å²) in [6.45, 7) is 5.41. The summed E-state index contributed by atoms with van der Waals surface area (Å²) in [5, 5.41) is 8.38. The first kappa shape index (κ1) is 20.4. The normalized spacial score (nSPS) is 19.2. The van der Waals surface area contributed by atoms with Crippen LogP contribution in [0, 0.1) is 0 Å².